The van der Waals surface area contributed by atoms with Crippen LogP contribution in [0.3, 0.4) is 0 Å². The first kappa shape index (κ1) is 10.4. The van der Waals surface area contributed by atoms with E-state index >= 15 is 0 Å². The molecule has 0 atom stereocenters. The lowest BCUT2D eigenvalue weighted by molar-refractivity contribution is 0.597. The molecule has 0 saturated heterocycles. The molecular formula is C8H5N3O4S. The number of aromatic nitrogens is 2. The summed E-state index contributed by atoms with van der Waals surface area (Å²) in [6.45, 7) is 0. The zero-order valence-electron chi connectivity index (χ0n) is 7.75. The van der Waals surface area contributed by atoms with E-state index in [1.165, 1.54) is 24.4 Å². The highest BCUT2D eigenvalue weighted by molar-refractivity contribution is 7.90. The van der Waals surface area contributed by atoms with Crippen molar-refractivity contribution in [2.24, 2.45) is 4.58 Å². The monoisotopic (exact) mass is 239 g/mol. The van der Waals surface area contributed by atoms with Crippen molar-refractivity contribution in [2.45, 2.75) is 4.90 Å². The van der Waals surface area contributed by atoms with E-state index in [0.717, 1.165) is 0 Å². The second kappa shape index (κ2) is 3.49. The fourth-order valence-corrected chi connectivity index (χ4v) is 1.84. The van der Waals surface area contributed by atoms with Gasteiger partial charge in [0, 0.05) is 11.6 Å². The van der Waals surface area contributed by atoms with Crippen molar-refractivity contribution in [3.8, 4) is 0 Å². The van der Waals surface area contributed by atoms with Gasteiger partial charge in [-0.05, 0) is 18.2 Å². The number of nitroso groups, excluding NO2 is 1. The van der Waals surface area contributed by atoms with Crippen LogP contribution in [0.25, 0.3) is 10.9 Å². The number of hydrogen-bond acceptors (Lipinski definition) is 5. The van der Waals surface area contributed by atoms with Crippen LogP contribution < -0.4 is 5.69 Å². The Hall–Kier alpha value is -2.09. The predicted molar refractivity (Wildman–Crippen MR) is 55.3 cm³/mol. The minimum absolute atomic E-state index is 0.233. The molecular weight excluding hydrogens is 234 g/mol. The molecule has 16 heavy (non-hydrogen) atoms. The Bertz CT molecular complexity index is 719. The van der Waals surface area contributed by atoms with Crippen LogP contribution in [0.2, 0.25) is 0 Å². The number of sulfonamides is 1. The molecule has 2 rings (SSSR count). The highest BCUT2D eigenvalue weighted by Crippen LogP contribution is 2.17. The van der Waals surface area contributed by atoms with Crippen LogP contribution in [-0.4, -0.2) is 18.4 Å². The third-order valence-electron chi connectivity index (χ3n) is 1.98. The fraction of sp³-hybridized carbons (Fsp3) is 0. The molecule has 0 bridgehead atoms. The Morgan fingerprint density at radius 2 is 2.06 bits per heavy atom. The number of benzene rings is 1. The third kappa shape index (κ3) is 1.70. The van der Waals surface area contributed by atoms with Gasteiger partial charge in [-0.3, -0.25) is 0 Å². The van der Waals surface area contributed by atoms with Crippen LogP contribution in [0.5, 0.6) is 0 Å². The first-order valence-electron chi connectivity index (χ1n) is 4.12. The van der Waals surface area contributed by atoms with Crippen molar-refractivity contribution >= 4 is 20.9 Å². The van der Waals surface area contributed by atoms with Gasteiger partial charge in [0.2, 0.25) is 0 Å². The van der Waals surface area contributed by atoms with Crippen molar-refractivity contribution in [1.82, 2.24) is 9.97 Å². The molecule has 0 spiro atoms. The second-order valence-corrected chi connectivity index (χ2v) is 4.56. The van der Waals surface area contributed by atoms with Crippen molar-refractivity contribution in [2.75, 3.05) is 0 Å². The van der Waals surface area contributed by atoms with Crippen LogP contribution in [0.1, 0.15) is 0 Å². The lowest BCUT2D eigenvalue weighted by Gasteiger charge is -1.98. The molecule has 1 heterocycles. The molecule has 0 aliphatic rings. The maximum atomic E-state index is 11.1. The summed E-state index contributed by atoms with van der Waals surface area (Å²) in [6, 6.07) is 3.78. The van der Waals surface area contributed by atoms with Crippen LogP contribution >= 0.6 is 0 Å². The SMILES string of the molecule is O=NS(=O)(=O)c1ccc2[nH]c(=O)ncc2c1. The first-order valence-corrected chi connectivity index (χ1v) is 5.56. The topological polar surface area (TPSA) is 109 Å². The zero-order chi connectivity index (χ0) is 11.8. The van der Waals surface area contributed by atoms with Gasteiger partial charge in [-0.2, -0.15) is 8.42 Å². The van der Waals surface area contributed by atoms with Gasteiger partial charge in [-0.25, -0.2) is 9.78 Å². The summed E-state index contributed by atoms with van der Waals surface area (Å²) in [5.41, 5.74) is -0.0959. The first-order chi connectivity index (χ1) is 7.53. The van der Waals surface area contributed by atoms with Crippen LogP contribution in [-0.2, 0) is 10.0 Å². The van der Waals surface area contributed by atoms with E-state index in [4.69, 9.17) is 0 Å². The molecule has 0 amide bonds. The van der Waals surface area contributed by atoms with E-state index in [9.17, 15) is 18.1 Å². The van der Waals surface area contributed by atoms with Crippen molar-refractivity contribution in [3.63, 3.8) is 0 Å². The van der Waals surface area contributed by atoms with E-state index in [2.05, 4.69) is 9.97 Å². The van der Waals surface area contributed by atoms with Crippen molar-refractivity contribution < 1.29 is 8.42 Å². The molecule has 0 saturated carbocycles. The Balaban J connectivity index is 2.75. The number of aromatic amines is 1. The van der Waals surface area contributed by atoms with Crippen molar-refractivity contribution in [1.29, 1.82) is 0 Å². The van der Waals surface area contributed by atoms with Crippen LogP contribution in [0.15, 0.2) is 38.7 Å². The second-order valence-electron chi connectivity index (χ2n) is 2.99. The Kier molecular flexibility index (Phi) is 2.27. The molecule has 1 N–H and O–H groups in total. The maximum Gasteiger partial charge on any atom is 0.345 e. The minimum atomic E-state index is -4.15. The Labute approximate surface area is 89.2 Å². The summed E-state index contributed by atoms with van der Waals surface area (Å²) in [5.74, 6) is 0. The van der Waals surface area contributed by atoms with Gasteiger partial charge in [-0.1, -0.05) is 0 Å². The summed E-state index contributed by atoms with van der Waals surface area (Å²) >= 11 is 0. The zero-order valence-corrected chi connectivity index (χ0v) is 8.56. The summed E-state index contributed by atoms with van der Waals surface area (Å²) < 4.78 is 24.3. The largest absolute Gasteiger partial charge is 0.345 e. The standard InChI is InChI=1S/C8H5N3O4S/c12-8-9-4-5-3-6(16(14,15)11-13)1-2-7(5)10-8/h1-4H,(H,9,10,12). The lowest BCUT2D eigenvalue weighted by Crippen LogP contribution is -2.08. The smallest absolute Gasteiger partial charge is 0.305 e. The van der Waals surface area contributed by atoms with Crippen LogP contribution in [0, 0.1) is 4.91 Å². The van der Waals surface area contributed by atoms with Gasteiger partial charge in [0.25, 0.3) is 0 Å². The molecule has 7 nitrogen and oxygen atoms in total. The van der Waals surface area contributed by atoms with Gasteiger partial charge < -0.3 is 4.98 Å². The van der Waals surface area contributed by atoms with E-state index in [1.807, 2.05) is 4.58 Å². The van der Waals surface area contributed by atoms with Crippen molar-refractivity contribution in [3.05, 3.63) is 39.8 Å². The summed E-state index contributed by atoms with van der Waals surface area (Å²) in [5, 5.41) is 0.407. The molecule has 2 aromatic rings. The van der Waals surface area contributed by atoms with Gasteiger partial charge in [0.05, 0.1) is 15.0 Å². The summed E-state index contributed by atoms with van der Waals surface area (Å²) in [6.07, 6.45) is 1.22. The lowest BCUT2D eigenvalue weighted by atomic mass is 10.2. The molecule has 0 aliphatic carbocycles. The number of nitrogens with one attached hydrogen (secondary N) is 1. The van der Waals surface area contributed by atoms with Gasteiger partial charge in [-0.15, -0.1) is 4.91 Å². The average molecular weight is 239 g/mol. The third-order valence-corrected chi connectivity index (χ3v) is 3.03. The quantitative estimate of drug-likeness (QED) is 0.761. The summed E-state index contributed by atoms with van der Waals surface area (Å²) in [7, 11) is -4.15. The van der Waals surface area contributed by atoms with E-state index < -0.39 is 15.7 Å². The normalized spacial score (nSPS) is 11.5. The number of nitrogens with zero attached hydrogens (tertiary/aromatic N) is 2. The number of fused-ring (bicyclic) bond motifs is 1. The van der Waals surface area contributed by atoms with Gasteiger partial charge in [0.1, 0.15) is 0 Å². The molecule has 0 fully saturated rings. The number of hydrogen-bond donors (Lipinski definition) is 1. The average Bonchev–Trinajstić information content (AvgIpc) is 2.28. The molecule has 8 heteroatoms. The highest BCUT2D eigenvalue weighted by atomic mass is 32.2. The Morgan fingerprint density at radius 3 is 2.75 bits per heavy atom. The molecule has 1 aromatic carbocycles. The van der Waals surface area contributed by atoms with E-state index in [-0.39, 0.29) is 4.90 Å². The molecule has 0 aliphatic heterocycles. The Morgan fingerprint density at radius 1 is 1.31 bits per heavy atom. The van der Waals surface area contributed by atoms with Gasteiger partial charge >= 0.3 is 15.7 Å². The van der Waals surface area contributed by atoms with E-state index in [1.54, 1.807) is 0 Å². The molecule has 1 aromatic heterocycles. The maximum absolute atomic E-state index is 11.1. The van der Waals surface area contributed by atoms with E-state index in [0.29, 0.717) is 10.9 Å². The number of rotatable bonds is 2. The highest BCUT2D eigenvalue weighted by Gasteiger charge is 2.14. The molecule has 0 radical (unpaired) electrons. The number of H-pyrrole nitrogens is 1. The molecule has 0 unspecified atom stereocenters. The summed E-state index contributed by atoms with van der Waals surface area (Å²) in [4.78, 5) is 26.6. The minimum Gasteiger partial charge on any atom is -0.305 e. The fourth-order valence-electron chi connectivity index (χ4n) is 1.24. The van der Waals surface area contributed by atoms with Crippen LogP contribution in [0.4, 0.5) is 0 Å². The van der Waals surface area contributed by atoms with Gasteiger partial charge in [0.15, 0.2) is 0 Å². The predicted octanol–water partition coefficient (Wildman–Crippen LogP) is 0.378. The molecule has 82 valence electrons.